The molecule has 0 bridgehead atoms. The highest BCUT2D eigenvalue weighted by molar-refractivity contribution is 9.08. The molecule has 2 rings (SSSR count). The van der Waals surface area contributed by atoms with E-state index in [2.05, 4.69) is 21.0 Å². The third kappa shape index (κ3) is 2.52. The molecule has 1 heterocycles. The minimum atomic E-state index is -0.467. The van der Waals surface area contributed by atoms with Gasteiger partial charge in [0.15, 0.2) is 0 Å². The first-order chi connectivity index (χ1) is 8.52. The van der Waals surface area contributed by atoms with Crippen molar-refractivity contribution < 1.29 is 9.13 Å². The number of alkyl halides is 1. The van der Waals surface area contributed by atoms with Crippen LogP contribution in [0.3, 0.4) is 0 Å². The molecule has 0 saturated heterocycles. The van der Waals surface area contributed by atoms with Gasteiger partial charge in [-0.05, 0) is 19.1 Å². The number of hydrogen-bond donors (Lipinski definition) is 0. The lowest BCUT2D eigenvalue weighted by Gasteiger charge is -2.08. The summed E-state index contributed by atoms with van der Waals surface area (Å²) >= 11 is 9.10. The van der Waals surface area contributed by atoms with Gasteiger partial charge in [-0.1, -0.05) is 27.5 Å². The van der Waals surface area contributed by atoms with Crippen molar-refractivity contribution in [1.82, 2.24) is 9.78 Å². The van der Waals surface area contributed by atoms with Crippen LogP contribution in [0.2, 0.25) is 5.02 Å². The molecule has 0 saturated carbocycles. The lowest BCUT2D eigenvalue weighted by Crippen LogP contribution is -1.96. The van der Waals surface area contributed by atoms with Gasteiger partial charge in [0.25, 0.3) is 0 Å². The molecule has 2 aromatic rings. The highest BCUT2D eigenvalue weighted by atomic mass is 79.9. The molecule has 18 heavy (non-hydrogen) atoms. The highest BCUT2D eigenvalue weighted by Crippen LogP contribution is 2.30. The van der Waals surface area contributed by atoms with Gasteiger partial charge in [0, 0.05) is 24.0 Å². The summed E-state index contributed by atoms with van der Waals surface area (Å²) in [5.74, 6) is 0.629. The number of aryl methyl sites for hydroxylation is 2. The second-order valence-corrected chi connectivity index (χ2v) is 4.77. The molecule has 0 atom stereocenters. The molecule has 1 aromatic carbocycles. The van der Waals surface area contributed by atoms with E-state index in [1.165, 1.54) is 18.2 Å². The van der Waals surface area contributed by atoms with Crippen LogP contribution in [0.5, 0.6) is 11.6 Å². The number of halogens is 3. The average Bonchev–Trinajstić information content (AvgIpc) is 2.58. The minimum Gasteiger partial charge on any atom is -0.439 e. The molecule has 0 aliphatic carbocycles. The van der Waals surface area contributed by atoms with Crippen LogP contribution >= 0.6 is 27.5 Å². The number of nitrogens with zero attached hydrogens (tertiary/aromatic N) is 2. The van der Waals surface area contributed by atoms with Gasteiger partial charge < -0.3 is 4.74 Å². The first-order valence-corrected chi connectivity index (χ1v) is 6.74. The van der Waals surface area contributed by atoms with Crippen LogP contribution in [-0.4, -0.2) is 9.78 Å². The minimum absolute atomic E-state index is 0.0341. The van der Waals surface area contributed by atoms with Gasteiger partial charge >= 0.3 is 0 Å². The van der Waals surface area contributed by atoms with Crippen molar-refractivity contribution in [3.63, 3.8) is 0 Å². The third-order valence-electron chi connectivity index (χ3n) is 2.53. The number of ether oxygens (including phenoxy) is 1. The van der Waals surface area contributed by atoms with Crippen LogP contribution in [0, 0.1) is 12.7 Å². The maximum absolute atomic E-state index is 13.1. The topological polar surface area (TPSA) is 27.1 Å². The van der Waals surface area contributed by atoms with Crippen molar-refractivity contribution in [3.8, 4) is 11.6 Å². The molecule has 0 spiro atoms. The van der Waals surface area contributed by atoms with E-state index in [4.69, 9.17) is 16.3 Å². The van der Waals surface area contributed by atoms with Gasteiger partial charge in [-0.3, -0.25) is 0 Å². The molecule has 0 aliphatic rings. The number of rotatable bonds is 3. The van der Waals surface area contributed by atoms with Gasteiger partial charge in [-0.25, -0.2) is 9.07 Å². The Labute approximate surface area is 118 Å². The summed E-state index contributed by atoms with van der Waals surface area (Å²) in [6, 6.07) is 4.24. The Kier molecular flexibility index (Phi) is 3.92. The van der Waals surface area contributed by atoms with Gasteiger partial charge in [0.05, 0.1) is 10.7 Å². The zero-order valence-corrected chi connectivity index (χ0v) is 12.2. The summed E-state index contributed by atoms with van der Waals surface area (Å²) in [6.45, 7) is 1.90. The summed E-state index contributed by atoms with van der Waals surface area (Å²) < 4.78 is 20.4. The van der Waals surface area contributed by atoms with Crippen LogP contribution in [0.15, 0.2) is 18.2 Å². The standard InChI is InChI=1S/C12H11BrClFN2O/c1-7-9(6-13)12(17(2)16-7)18-8-3-4-11(15)10(14)5-8/h3-5H,6H2,1-2H3. The molecule has 0 fully saturated rings. The predicted octanol–water partition coefficient (Wildman–Crippen LogP) is 4.21. The van der Waals surface area contributed by atoms with Crippen LogP contribution < -0.4 is 4.74 Å². The van der Waals surface area contributed by atoms with Gasteiger partial charge in [0.1, 0.15) is 11.6 Å². The molecule has 0 aliphatic heterocycles. The Morgan fingerprint density at radius 2 is 2.22 bits per heavy atom. The van der Waals surface area contributed by atoms with Crippen molar-refractivity contribution in [1.29, 1.82) is 0 Å². The molecule has 3 nitrogen and oxygen atoms in total. The Hall–Kier alpha value is -1.07. The fourth-order valence-corrected chi connectivity index (χ4v) is 2.43. The van der Waals surface area contributed by atoms with E-state index in [0.717, 1.165) is 11.3 Å². The SMILES string of the molecule is Cc1nn(C)c(Oc2ccc(F)c(Cl)c2)c1CBr. The second kappa shape index (κ2) is 5.28. The first kappa shape index (κ1) is 13.4. The van der Waals surface area contributed by atoms with E-state index in [1.807, 2.05) is 6.92 Å². The summed E-state index contributed by atoms with van der Waals surface area (Å²) in [5, 5.41) is 4.94. The number of aromatic nitrogens is 2. The number of benzene rings is 1. The third-order valence-corrected chi connectivity index (χ3v) is 3.38. The second-order valence-electron chi connectivity index (χ2n) is 3.80. The Morgan fingerprint density at radius 1 is 1.50 bits per heavy atom. The Balaban J connectivity index is 2.36. The van der Waals surface area contributed by atoms with Crippen molar-refractivity contribution in [2.24, 2.45) is 7.05 Å². The fourth-order valence-electron chi connectivity index (χ4n) is 1.61. The van der Waals surface area contributed by atoms with Crippen LogP contribution in [0.1, 0.15) is 11.3 Å². The number of hydrogen-bond acceptors (Lipinski definition) is 2. The monoisotopic (exact) mass is 332 g/mol. The maximum atomic E-state index is 13.1. The van der Waals surface area contributed by atoms with E-state index < -0.39 is 5.82 Å². The smallest absolute Gasteiger partial charge is 0.221 e. The van der Waals surface area contributed by atoms with Gasteiger partial charge in [0.2, 0.25) is 5.88 Å². The summed E-state index contributed by atoms with van der Waals surface area (Å²) in [5.41, 5.74) is 1.84. The zero-order chi connectivity index (χ0) is 13.3. The molecule has 0 unspecified atom stereocenters. The van der Waals surface area contributed by atoms with Gasteiger partial charge in [-0.15, -0.1) is 0 Å². The summed E-state index contributed by atoms with van der Waals surface area (Å²) in [7, 11) is 1.79. The van der Waals surface area contributed by atoms with E-state index in [0.29, 0.717) is 17.0 Å². The molecule has 1 aromatic heterocycles. The maximum Gasteiger partial charge on any atom is 0.221 e. The van der Waals surface area contributed by atoms with Gasteiger partial charge in [-0.2, -0.15) is 5.10 Å². The van der Waals surface area contributed by atoms with Crippen LogP contribution in [0.25, 0.3) is 0 Å². The predicted molar refractivity (Wildman–Crippen MR) is 72.1 cm³/mol. The largest absolute Gasteiger partial charge is 0.439 e. The van der Waals surface area contributed by atoms with E-state index in [9.17, 15) is 4.39 Å². The summed E-state index contributed by atoms with van der Waals surface area (Å²) in [6.07, 6.45) is 0. The van der Waals surface area contributed by atoms with Crippen molar-refractivity contribution in [3.05, 3.63) is 40.3 Å². The molecular formula is C12H11BrClFN2O. The zero-order valence-electron chi connectivity index (χ0n) is 9.88. The quantitative estimate of drug-likeness (QED) is 0.787. The highest BCUT2D eigenvalue weighted by Gasteiger charge is 2.14. The van der Waals surface area contributed by atoms with E-state index in [-0.39, 0.29) is 5.02 Å². The Bertz CT molecular complexity index is 586. The first-order valence-electron chi connectivity index (χ1n) is 5.24. The van der Waals surface area contributed by atoms with Crippen molar-refractivity contribution in [2.75, 3.05) is 0 Å². The lowest BCUT2D eigenvalue weighted by molar-refractivity contribution is 0.426. The summed E-state index contributed by atoms with van der Waals surface area (Å²) in [4.78, 5) is 0. The van der Waals surface area contributed by atoms with E-state index >= 15 is 0 Å². The Morgan fingerprint density at radius 3 is 2.83 bits per heavy atom. The van der Waals surface area contributed by atoms with Crippen LogP contribution in [-0.2, 0) is 12.4 Å². The van der Waals surface area contributed by atoms with E-state index in [1.54, 1.807) is 11.7 Å². The van der Waals surface area contributed by atoms with Crippen LogP contribution in [0.4, 0.5) is 4.39 Å². The lowest BCUT2D eigenvalue weighted by atomic mass is 10.3. The molecule has 0 amide bonds. The molecule has 0 N–H and O–H groups in total. The van der Waals surface area contributed by atoms with Crippen molar-refractivity contribution in [2.45, 2.75) is 12.3 Å². The average molecular weight is 334 g/mol. The molecular weight excluding hydrogens is 322 g/mol. The normalized spacial score (nSPS) is 10.7. The molecule has 96 valence electrons. The fraction of sp³-hybridized carbons (Fsp3) is 0.250. The van der Waals surface area contributed by atoms with Crippen molar-refractivity contribution >= 4 is 27.5 Å². The molecule has 0 radical (unpaired) electrons. The molecule has 6 heteroatoms.